The average molecular weight is 385 g/mol. The van der Waals surface area contributed by atoms with Crippen molar-refractivity contribution < 1.29 is 9.59 Å². The molecular weight excluding hydrogens is 364 g/mol. The van der Waals surface area contributed by atoms with Crippen molar-refractivity contribution in [2.24, 2.45) is 5.92 Å². The van der Waals surface area contributed by atoms with Gasteiger partial charge in [0, 0.05) is 16.6 Å². The van der Waals surface area contributed by atoms with Crippen LogP contribution in [0.25, 0.3) is 11.0 Å². The molecule has 0 spiro atoms. The summed E-state index contributed by atoms with van der Waals surface area (Å²) in [5, 5.41) is 6.25. The fraction of sp³-hybridized carbons (Fsp3) is 0.250. The van der Waals surface area contributed by atoms with Crippen LogP contribution in [-0.4, -0.2) is 21.4 Å². The number of carbonyl (C=O) groups excluding carboxylic acids is 2. The molecule has 2 amide bonds. The molecule has 27 heavy (non-hydrogen) atoms. The maximum Gasteiger partial charge on any atom is 0.244 e. The number of hydrogen-bond donors (Lipinski definition) is 2. The van der Waals surface area contributed by atoms with Gasteiger partial charge in [-0.2, -0.15) is 0 Å². The van der Waals surface area contributed by atoms with Crippen LogP contribution in [0, 0.1) is 5.92 Å². The first-order chi connectivity index (χ1) is 12.9. The lowest BCUT2D eigenvalue weighted by Crippen LogP contribution is -2.29. The van der Waals surface area contributed by atoms with Gasteiger partial charge in [-0.15, -0.1) is 0 Å². The van der Waals surface area contributed by atoms with Crippen LogP contribution in [0.1, 0.15) is 19.7 Å². The third-order valence-electron chi connectivity index (χ3n) is 4.09. The fourth-order valence-corrected chi connectivity index (χ4v) is 2.91. The number of rotatable bonds is 6. The van der Waals surface area contributed by atoms with Crippen molar-refractivity contribution >= 4 is 40.1 Å². The van der Waals surface area contributed by atoms with Crippen LogP contribution in [0.4, 0.5) is 5.69 Å². The number of aromatic nitrogens is 2. The lowest BCUT2D eigenvalue weighted by molar-refractivity contribution is -0.124. The minimum absolute atomic E-state index is 0.0583. The molecule has 6 nitrogen and oxygen atoms in total. The molecule has 0 atom stereocenters. The van der Waals surface area contributed by atoms with Gasteiger partial charge in [0.25, 0.3) is 0 Å². The summed E-state index contributed by atoms with van der Waals surface area (Å²) < 4.78 is 1.82. The largest absolute Gasteiger partial charge is 0.349 e. The molecule has 3 rings (SSSR count). The fourth-order valence-electron chi connectivity index (χ4n) is 2.72. The number of benzene rings is 2. The van der Waals surface area contributed by atoms with Crippen LogP contribution in [0.5, 0.6) is 0 Å². The molecule has 0 aliphatic heterocycles. The van der Waals surface area contributed by atoms with E-state index in [9.17, 15) is 9.59 Å². The van der Waals surface area contributed by atoms with Crippen LogP contribution in [0.15, 0.2) is 48.5 Å². The van der Waals surface area contributed by atoms with Gasteiger partial charge in [0.05, 0.1) is 17.6 Å². The number of amides is 2. The van der Waals surface area contributed by atoms with E-state index in [0.29, 0.717) is 16.5 Å². The molecular formula is C20H21ClN4O2. The zero-order chi connectivity index (χ0) is 19.4. The van der Waals surface area contributed by atoms with Gasteiger partial charge >= 0.3 is 0 Å². The molecule has 0 fully saturated rings. The Morgan fingerprint density at radius 1 is 1.15 bits per heavy atom. The zero-order valence-electron chi connectivity index (χ0n) is 15.2. The Balaban J connectivity index is 1.82. The van der Waals surface area contributed by atoms with Crippen molar-refractivity contribution in [2.45, 2.75) is 26.9 Å². The van der Waals surface area contributed by atoms with Gasteiger partial charge in [0.1, 0.15) is 12.4 Å². The van der Waals surface area contributed by atoms with Crippen LogP contribution in [0.2, 0.25) is 5.02 Å². The van der Waals surface area contributed by atoms with Crippen molar-refractivity contribution in [2.75, 3.05) is 5.32 Å². The monoisotopic (exact) mass is 384 g/mol. The van der Waals surface area contributed by atoms with E-state index in [0.717, 1.165) is 11.0 Å². The van der Waals surface area contributed by atoms with E-state index < -0.39 is 0 Å². The number of fused-ring (bicyclic) bond motifs is 1. The quantitative estimate of drug-likeness (QED) is 0.681. The summed E-state index contributed by atoms with van der Waals surface area (Å²) in [4.78, 5) is 29.0. The molecule has 0 saturated carbocycles. The first-order valence-corrected chi connectivity index (χ1v) is 9.09. The van der Waals surface area contributed by atoms with Crippen molar-refractivity contribution in [1.82, 2.24) is 14.9 Å². The number of halogens is 1. The van der Waals surface area contributed by atoms with Gasteiger partial charge in [0.15, 0.2) is 0 Å². The summed E-state index contributed by atoms with van der Waals surface area (Å²) in [6.45, 7) is 4.00. The molecule has 140 valence electrons. The molecule has 0 radical (unpaired) electrons. The van der Waals surface area contributed by atoms with Crippen LogP contribution in [0.3, 0.4) is 0 Å². The number of anilines is 1. The first kappa shape index (κ1) is 18.9. The van der Waals surface area contributed by atoms with Crippen molar-refractivity contribution in [3.63, 3.8) is 0 Å². The van der Waals surface area contributed by atoms with Crippen molar-refractivity contribution in [1.29, 1.82) is 0 Å². The van der Waals surface area contributed by atoms with Gasteiger partial charge in [-0.05, 0) is 30.3 Å². The predicted octanol–water partition coefficient (Wildman–Crippen LogP) is 3.60. The van der Waals surface area contributed by atoms with E-state index in [4.69, 9.17) is 11.6 Å². The number of nitrogens with zero attached hydrogens (tertiary/aromatic N) is 2. The summed E-state index contributed by atoms with van der Waals surface area (Å²) in [6, 6.07) is 14.6. The van der Waals surface area contributed by atoms with Crippen LogP contribution < -0.4 is 10.6 Å². The first-order valence-electron chi connectivity index (χ1n) is 8.71. The number of nitrogens with one attached hydrogen (secondary N) is 2. The number of imidazole rings is 1. The molecule has 0 bridgehead atoms. The molecule has 3 aromatic rings. The second-order valence-electron chi connectivity index (χ2n) is 6.53. The van der Waals surface area contributed by atoms with Crippen LogP contribution in [-0.2, 0) is 22.7 Å². The predicted molar refractivity (Wildman–Crippen MR) is 106 cm³/mol. The minimum Gasteiger partial charge on any atom is -0.349 e. The maximum atomic E-state index is 12.5. The van der Waals surface area contributed by atoms with E-state index in [1.807, 2.05) is 42.7 Å². The second-order valence-corrected chi connectivity index (χ2v) is 6.97. The van der Waals surface area contributed by atoms with Crippen LogP contribution >= 0.6 is 11.6 Å². The Labute approximate surface area is 162 Å². The molecule has 2 aromatic carbocycles. The van der Waals surface area contributed by atoms with E-state index in [1.54, 1.807) is 24.3 Å². The lowest BCUT2D eigenvalue weighted by atomic mass is 10.2. The highest BCUT2D eigenvalue weighted by Crippen LogP contribution is 2.18. The van der Waals surface area contributed by atoms with Crippen molar-refractivity contribution in [3.8, 4) is 0 Å². The third kappa shape index (κ3) is 4.65. The zero-order valence-corrected chi connectivity index (χ0v) is 16.0. The minimum atomic E-state index is -0.197. The van der Waals surface area contributed by atoms with Gasteiger partial charge in [-0.3, -0.25) is 9.59 Å². The second kappa shape index (κ2) is 8.22. The number of para-hydroxylation sites is 2. The maximum absolute atomic E-state index is 12.5. The highest BCUT2D eigenvalue weighted by atomic mass is 35.5. The molecule has 1 heterocycles. The van der Waals surface area contributed by atoms with E-state index >= 15 is 0 Å². The Hall–Kier alpha value is -2.86. The van der Waals surface area contributed by atoms with Gasteiger partial charge in [-0.25, -0.2) is 4.98 Å². The smallest absolute Gasteiger partial charge is 0.244 e. The van der Waals surface area contributed by atoms with E-state index in [1.165, 1.54) is 0 Å². The Morgan fingerprint density at radius 2 is 1.93 bits per heavy atom. The molecule has 7 heteroatoms. The summed E-state index contributed by atoms with van der Waals surface area (Å²) in [5.41, 5.74) is 2.25. The molecule has 1 aromatic heterocycles. The van der Waals surface area contributed by atoms with Crippen molar-refractivity contribution in [3.05, 3.63) is 59.4 Å². The topological polar surface area (TPSA) is 76.0 Å². The molecule has 2 N–H and O–H groups in total. The van der Waals surface area contributed by atoms with Gasteiger partial charge in [0.2, 0.25) is 11.8 Å². The number of carbonyl (C=O) groups is 2. The van der Waals surface area contributed by atoms with Gasteiger partial charge in [-0.1, -0.05) is 43.6 Å². The summed E-state index contributed by atoms with van der Waals surface area (Å²) >= 11 is 5.96. The lowest BCUT2D eigenvalue weighted by Gasteiger charge is -2.12. The Morgan fingerprint density at radius 3 is 2.67 bits per heavy atom. The molecule has 0 aliphatic carbocycles. The molecule has 0 aliphatic rings. The Bertz CT molecular complexity index is 981. The van der Waals surface area contributed by atoms with E-state index in [-0.39, 0.29) is 30.8 Å². The average Bonchev–Trinajstić information content (AvgIpc) is 2.97. The SMILES string of the molecule is CC(C)C(=O)NCc1nc2ccccc2n1CC(=O)Nc1cccc(Cl)c1. The standard InChI is InChI=1S/C20H21ClN4O2/c1-13(2)20(27)22-11-18-24-16-8-3-4-9-17(16)25(18)12-19(26)23-15-7-5-6-14(21)10-15/h3-10,13H,11-12H2,1-2H3,(H,22,27)(H,23,26). The normalized spacial score (nSPS) is 11.0. The molecule has 0 saturated heterocycles. The third-order valence-corrected chi connectivity index (χ3v) is 4.32. The highest BCUT2D eigenvalue weighted by molar-refractivity contribution is 6.30. The van der Waals surface area contributed by atoms with E-state index in [2.05, 4.69) is 15.6 Å². The Kier molecular flexibility index (Phi) is 5.76. The summed E-state index contributed by atoms with van der Waals surface area (Å²) in [7, 11) is 0. The number of hydrogen-bond acceptors (Lipinski definition) is 3. The summed E-state index contributed by atoms with van der Waals surface area (Å²) in [5.74, 6) is 0.259. The summed E-state index contributed by atoms with van der Waals surface area (Å²) in [6.07, 6.45) is 0. The highest BCUT2D eigenvalue weighted by Gasteiger charge is 2.15. The molecule has 0 unspecified atom stereocenters. The van der Waals surface area contributed by atoms with Gasteiger partial charge < -0.3 is 15.2 Å².